The van der Waals surface area contributed by atoms with E-state index in [1.165, 1.54) is 25.8 Å². The summed E-state index contributed by atoms with van der Waals surface area (Å²) in [6.07, 6.45) is 4.03. The molecule has 1 saturated heterocycles. The molecule has 0 spiro atoms. The van der Waals surface area contributed by atoms with E-state index < -0.39 is 0 Å². The topological polar surface area (TPSA) is 38.5 Å². The first-order chi connectivity index (χ1) is 9.36. The summed E-state index contributed by atoms with van der Waals surface area (Å²) in [6.45, 7) is 14.9. The van der Waals surface area contributed by atoms with E-state index in [4.69, 9.17) is 10.5 Å². The fourth-order valence-electron chi connectivity index (χ4n) is 4.06. The Kier molecular flexibility index (Phi) is 5.14. The maximum Gasteiger partial charge on any atom is 0.0674 e. The molecule has 20 heavy (non-hydrogen) atoms. The minimum Gasteiger partial charge on any atom is -0.376 e. The number of morpholine rings is 1. The molecule has 5 unspecified atom stereocenters. The maximum atomic E-state index is 6.29. The Morgan fingerprint density at radius 2 is 1.95 bits per heavy atom. The first-order valence-corrected chi connectivity index (χ1v) is 8.47. The van der Waals surface area contributed by atoms with Gasteiger partial charge in [0, 0.05) is 25.2 Å². The molecule has 1 heterocycles. The Labute approximate surface area is 125 Å². The zero-order chi connectivity index (χ0) is 14.9. The lowest BCUT2D eigenvalue weighted by atomic mass is 9.61. The lowest BCUT2D eigenvalue weighted by Crippen LogP contribution is -2.54. The number of hydrogen-bond acceptors (Lipinski definition) is 3. The Morgan fingerprint density at radius 3 is 2.60 bits per heavy atom. The molecule has 118 valence electrons. The van der Waals surface area contributed by atoms with Crippen LogP contribution in [0.2, 0.25) is 0 Å². The highest BCUT2D eigenvalue weighted by Gasteiger charge is 2.43. The second-order valence-corrected chi connectivity index (χ2v) is 7.71. The Balaban J connectivity index is 2.04. The van der Waals surface area contributed by atoms with Crippen molar-refractivity contribution >= 4 is 0 Å². The molecule has 0 radical (unpaired) electrons. The molecule has 5 atom stereocenters. The smallest absolute Gasteiger partial charge is 0.0674 e. The van der Waals surface area contributed by atoms with Gasteiger partial charge in [-0.3, -0.25) is 4.90 Å². The average Bonchev–Trinajstić information content (AvgIpc) is 2.40. The zero-order valence-electron chi connectivity index (χ0n) is 14.1. The van der Waals surface area contributed by atoms with Crippen LogP contribution in [0.25, 0.3) is 0 Å². The molecule has 1 saturated carbocycles. The minimum absolute atomic E-state index is 0.345. The van der Waals surface area contributed by atoms with Crippen molar-refractivity contribution < 1.29 is 4.74 Å². The van der Waals surface area contributed by atoms with Crippen molar-refractivity contribution in [3.05, 3.63) is 0 Å². The van der Waals surface area contributed by atoms with E-state index in [9.17, 15) is 0 Å². The third-order valence-corrected chi connectivity index (χ3v) is 6.22. The summed E-state index contributed by atoms with van der Waals surface area (Å²) in [4.78, 5) is 2.68. The molecule has 0 bridgehead atoms. The Morgan fingerprint density at radius 1 is 1.25 bits per heavy atom. The van der Waals surface area contributed by atoms with Crippen molar-refractivity contribution in [3.8, 4) is 0 Å². The van der Waals surface area contributed by atoms with Gasteiger partial charge in [-0.1, -0.05) is 27.7 Å². The van der Waals surface area contributed by atoms with Gasteiger partial charge in [0.2, 0.25) is 0 Å². The van der Waals surface area contributed by atoms with E-state index in [2.05, 4.69) is 39.5 Å². The van der Waals surface area contributed by atoms with Crippen molar-refractivity contribution in [3.63, 3.8) is 0 Å². The second-order valence-electron chi connectivity index (χ2n) is 7.71. The van der Waals surface area contributed by atoms with Crippen LogP contribution in [-0.2, 0) is 4.74 Å². The van der Waals surface area contributed by atoms with Gasteiger partial charge in [-0.15, -0.1) is 0 Å². The van der Waals surface area contributed by atoms with Gasteiger partial charge in [0.15, 0.2) is 0 Å². The molecule has 0 aromatic rings. The molecule has 2 fully saturated rings. The molecule has 0 aromatic heterocycles. The second kappa shape index (κ2) is 6.33. The highest BCUT2D eigenvalue weighted by atomic mass is 16.5. The maximum absolute atomic E-state index is 6.29. The zero-order valence-corrected chi connectivity index (χ0v) is 14.1. The van der Waals surface area contributed by atoms with Gasteiger partial charge in [0.1, 0.15) is 0 Å². The highest BCUT2D eigenvalue weighted by molar-refractivity contribution is 4.95. The van der Waals surface area contributed by atoms with E-state index in [0.717, 1.165) is 19.1 Å². The molecule has 0 aromatic carbocycles. The summed E-state index contributed by atoms with van der Waals surface area (Å²) in [5.41, 5.74) is 6.64. The summed E-state index contributed by atoms with van der Waals surface area (Å²) in [6, 6.07) is 0.986. The van der Waals surface area contributed by atoms with Gasteiger partial charge in [0.25, 0.3) is 0 Å². The highest BCUT2D eigenvalue weighted by Crippen LogP contribution is 2.45. The van der Waals surface area contributed by atoms with E-state index in [1.807, 2.05) is 0 Å². The minimum atomic E-state index is 0.345. The summed E-state index contributed by atoms with van der Waals surface area (Å²) in [5.74, 6) is 1.37. The van der Waals surface area contributed by atoms with Crippen LogP contribution < -0.4 is 5.73 Å². The lowest BCUT2D eigenvalue weighted by molar-refractivity contribution is -0.0755. The Bertz CT molecular complexity index is 318. The van der Waals surface area contributed by atoms with Crippen LogP contribution >= 0.6 is 0 Å². The number of ether oxygens (including phenoxy) is 1. The molecular weight excluding hydrogens is 248 g/mol. The molecule has 2 aliphatic rings. The van der Waals surface area contributed by atoms with Crippen molar-refractivity contribution in [1.29, 1.82) is 0 Å². The lowest BCUT2D eigenvalue weighted by Gasteiger charge is -2.50. The van der Waals surface area contributed by atoms with Crippen LogP contribution in [0.1, 0.15) is 53.9 Å². The van der Waals surface area contributed by atoms with Crippen molar-refractivity contribution in [2.75, 3.05) is 19.7 Å². The monoisotopic (exact) mass is 282 g/mol. The third kappa shape index (κ3) is 3.20. The fourth-order valence-corrected chi connectivity index (χ4v) is 4.06. The van der Waals surface area contributed by atoms with Crippen LogP contribution in [0.4, 0.5) is 0 Å². The van der Waals surface area contributed by atoms with Crippen molar-refractivity contribution in [1.82, 2.24) is 4.90 Å². The predicted octanol–water partition coefficient (Wildman–Crippen LogP) is 2.89. The van der Waals surface area contributed by atoms with Crippen LogP contribution in [-0.4, -0.2) is 42.8 Å². The number of nitrogens with two attached hydrogens (primary N) is 1. The number of rotatable bonds is 3. The number of hydrogen-bond donors (Lipinski definition) is 1. The van der Waals surface area contributed by atoms with Crippen molar-refractivity contribution in [2.45, 2.75) is 72.1 Å². The third-order valence-electron chi connectivity index (χ3n) is 6.22. The molecular formula is C17H34N2O. The standard InChI is InChI=1S/C17H34N2O/c1-6-15-11-20-12(2)9-19(15)10-14-7-8-16(18)13(3)17(14,4)5/h12-16H,6-11,18H2,1-5H3. The molecule has 3 nitrogen and oxygen atoms in total. The molecule has 0 amide bonds. The van der Waals surface area contributed by atoms with Crippen LogP contribution in [0, 0.1) is 17.3 Å². The van der Waals surface area contributed by atoms with Crippen LogP contribution in [0.15, 0.2) is 0 Å². The molecule has 3 heteroatoms. The van der Waals surface area contributed by atoms with E-state index in [1.54, 1.807) is 0 Å². The van der Waals surface area contributed by atoms with Gasteiger partial charge < -0.3 is 10.5 Å². The predicted molar refractivity (Wildman–Crippen MR) is 84.7 cm³/mol. The van der Waals surface area contributed by atoms with Gasteiger partial charge in [-0.25, -0.2) is 0 Å². The van der Waals surface area contributed by atoms with Gasteiger partial charge in [-0.05, 0) is 43.4 Å². The SMILES string of the molecule is CCC1COC(C)CN1CC1CCC(N)C(C)C1(C)C. The number of nitrogens with zero attached hydrogens (tertiary/aromatic N) is 1. The molecule has 1 aliphatic carbocycles. The summed E-state index contributed by atoms with van der Waals surface area (Å²) >= 11 is 0. The Hall–Kier alpha value is -0.120. The molecule has 1 aliphatic heterocycles. The summed E-state index contributed by atoms with van der Waals surface area (Å²) in [7, 11) is 0. The van der Waals surface area contributed by atoms with Crippen molar-refractivity contribution in [2.24, 2.45) is 23.0 Å². The van der Waals surface area contributed by atoms with Gasteiger partial charge in [0.05, 0.1) is 12.7 Å². The van der Waals surface area contributed by atoms with E-state index in [0.29, 0.717) is 29.5 Å². The normalized spacial score (nSPS) is 42.6. The van der Waals surface area contributed by atoms with E-state index >= 15 is 0 Å². The van der Waals surface area contributed by atoms with Gasteiger partial charge in [-0.2, -0.15) is 0 Å². The van der Waals surface area contributed by atoms with Crippen LogP contribution in [0.5, 0.6) is 0 Å². The quantitative estimate of drug-likeness (QED) is 0.865. The first kappa shape index (κ1) is 16.3. The fraction of sp³-hybridized carbons (Fsp3) is 1.00. The molecule has 2 rings (SSSR count). The largest absolute Gasteiger partial charge is 0.376 e. The summed E-state index contributed by atoms with van der Waals surface area (Å²) in [5, 5.41) is 0. The molecule has 2 N–H and O–H groups in total. The van der Waals surface area contributed by atoms with Gasteiger partial charge >= 0.3 is 0 Å². The average molecular weight is 282 g/mol. The van der Waals surface area contributed by atoms with E-state index in [-0.39, 0.29) is 0 Å². The first-order valence-electron chi connectivity index (χ1n) is 8.47. The van der Waals surface area contributed by atoms with Crippen LogP contribution in [0.3, 0.4) is 0 Å². The summed E-state index contributed by atoms with van der Waals surface area (Å²) < 4.78 is 5.83.